The van der Waals surface area contributed by atoms with Crippen LogP contribution in [0.1, 0.15) is 23.2 Å². The van der Waals surface area contributed by atoms with E-state index < -0.39 is 0 Å². The molecule has 0 bridgehead atoms. The van der Waals surface area contributed by atoms with E-state index >= 15 is 0 Å². The average molecular weight is 413 g/mol. The molecule has 1 aromatic carbocycles. The Morgan fingerprint density at radius 1 is 1.17 bits per heavy atom. The summed E-state index contributed by atoms with van der Waals surface area (Å²) in [4.78, 5) is 5.92. The van der Waals surface area contributed by atoms with Crippen molar-refractivity contribution < 1.29 is 4.74 Å². The fourth-order valence-corrected chi connectivity index (χ4v) is 3.37. The van der Waals surface area contributed by atoms with Gasteiger partial charge in [0.2, 0.25) is 0 Å². The van der Waals surface area contributed by atoms with Crippen LogP contribution in [0, 0.1) is 6.92 Å². The molecule has 0 fully saturated rings. The molecular formula is C21H28N6OS. The summed E-state index contributed by atoms with van der Waals surface area (Å²) in [7, 11) is 0. The van der Waals surface area contributed by atoms with Gasteiger partial charge in [0.05, 0.1) is 13.1 Å². The Kier molecular flexibility index (Phi) is 8.06. The van der Waals surface area contributed by atoms with Crippen LogP contribution in [0.15, 0.2) is 53.1 Å². The highest BCUT2D eigenvalue weighted by Crippen LogP contribution is 2.11. The lowest BCUT2D eigenvalue weighted by atomic mass is 10.2. The molecule has 154 valence electrons. The molecule has 2 N–H and O–H groups in total. The highest BCUT2D eigenvalue weighted by molar-refractivity contribution is 7.09. The van der Waals surface area contributed by atoms with E-state index in [0.29, 0.717) is 19.7 Å². The number of rotatable bonds is 10. The normalized spacial score (nSPS) is 11.4. The van der Waals surface area contributed by atoms with Crippen molar-refractivity contribution in [2.45, 2.75) is 33.4 Å². The van der Waals surface area contributed by atoms with Crippen LogP contribution in [0.2, 0.25) is 0 Å². The van der Waals surface area contributed by atoms with Gasteiger partial charge in [-0.2, -0.15) is 0 Å². The second-order valence-corrected chi connectivity index (χ2v) is 7.59. The van der Waals surface area contributed by atoms with Gasteiger partial charge in [-0.15, -0.1) is 21.5 Å². The van der Waals surface area contributed by atoms with Gasteiger partial charge in [0.15, 0.2) is 5.96 Å². The van der Waals surface area contributed by atoms with Crippen LogP contribution in [-0.2, 0) is 19.5 Å². The van der Waals surface area contributed by atoms with Crippen molar-refractivity contribution in [2.75, 3.05) is 19.7 Å². The second-order valence-electron chi connectivity index (χ2n) is 6.55. The number of hydrogen-bond donors (Lipinski definition) is 2. The topological polar surface area (TPSA) is 76.4 Å². The number of ether oxygens (including phenoxy) is 1. The first kappa shape index (κ1) is 20.9. The summed E-state index contributed by atoms with van der Waals surface area (Å²) in [5.74, 6) is 2.64. The quantitative estimate of drug-likeness (QED) is 0.304. The van der Waals surface area contributed by atoms with Crippen LogP contribution in [0.25, 0.3) is 0 Å². The van der Waals surface area contributed by atoms with Gasteiger partial charge in [-0.3, -0.25) is 0 Å². The molecule has 29 heavy (non-hydrogen) atoms. The molecule has 0 aliphatic heterocycles. The van der Waals surface area contributed by atoms with E-state index in [-0.39, 0.29) is 0 Å². The molecule has 0 spiro atoms. The van der Waals surface area contributed by atoms with Gasteiger partial charge in [0.1, 0.15) is 24.5 Å². The van der Waals surface area contributed by atoms with Gasteiger partial charge >= 0.3 is 0 Å². The van der Waals surface area contributed by atoms with Crippen molar-refractivity contribution in [3.8, 4) is 5.75 Å². The number of hydrogen-bond acceptors (Lipinski definition) is 5. The number of thiophene rings is 1. The van der Waals surface area contributed by atoms with Crippen LogP contribution in [0.4, 0.5) is 0 Å². The molecule has 0 atom stereocenters. The van der Waals surface area contributed by atoms with Gasteiger partial charge in [0.25, 0.3) is 0 Å². The summed E-state index contributed by atoms with van der Waals surface area (Å²) in [6.07, 6.45) is 2.64. The predicted octanol–water partition coefficient (Wildman–Crippen LogP) is 3.02. The first-order chi connectivity index (χ1) is 14.2. The van der Waals surface area contributed by atoms with Gasteiger partial charge in [0, 0.05) is 24.4 Å². The minimum atomic E-state index is 0.564. The number of aliphatic imine (C=N–C) groups is 1. The van der Waals surface area contributed by atoms with E-state index in [4.69, 9.17) is 9.73 Å². The lowest BCUT2D eigenvalue weighted by Gasteiger charge is -2.14. The number of nitrogens with zero attached hydrogens (tertiary/aromatic N) is 4. The van der Waals surface area contributed by atoms with Crippen molar-refractivity contribution in [2.24, 2.45) is 4.99 Å². The zero-order valence-corrected chi connectivity index (χ0v) is 17.8. The van der Waals surface area contributed by atoms with E-state index in [2.05, 4.69) is 50.7 Å². The Morgan fingerprint density at radius 2 is 2.00 bits per heavy atom. The monoisotopic (exact) mass is 412 g/mol. The number of benzene rings is 1. The zero-order chi connectivity index (χ0) is 20.3. The molecular weight excluding hydrogens is 384 g/mol. The van der Waals surface area contributed by atoms with Crippen molar-refractivity contribution >= 4 is 17.3 Å². The van der Waals surface area contributed by atoms with Gasteiger partial charge in [-0.1, -0.05) is 30.7 Å². The van der Waals surface area contributed by atoms with Crippen LogP contribution < -0.4 is 15.4 Å². The number of aromatic nitrogens is 3. The van der Waals surface area contributed by atoms with Gasteiger partial charge in [-0.05, 0) is 30.5 Å². The zero-order valence-electron chi connectivity index (χ0n) is 17.0. The highest BCUT2D eigenvalue weighted by Gasteiger charge is 2.03. The molecule has 0 aliphatic carbocycles. The molecule has 0 saturated heterocycles. The molecule has 0 unspecified atom stereocenters. The third kappa shape index (κ3) is 6.90. The van der Waals surface area contributed by atoms with Crippen LogP contribution >= 0.6 is 11.3 Å². The van der Waals surface area contributed by atoms with Crippen molar-refractivity contribution in [1.29, 1.82) is 0 Å². The van der Waals surface area contributed by atoms with Crippen molar-refractivity contribution in [3.05, 3.63) is 64.4 Å². The number of nitrogens with one attached hydrogen (secondary N) is 2. The molecule has 0 saturated carbocycles. The molecule has 0 aliphatic rings. The molecule has 8 heteroatoms. The minimum absolute atomic E-state index is 0.564. The Morgan fingerprint density at radius 3 is 2.76 bits per heavy atom. The molecule has 0 amide bonds. The van der Waals surface area contributed by atoms with Gasteiger partial charge < -0.3 is 19.9 Å². The summed E-state index contributed by atoms with van der Waals surface area (Å²) in [5, 5.41) is 16.9. The first-order valence-electron chi connectivity index (χ1n) is 9.85. The van der Waals surface area contributed by atoms with E-state index in [0.717, 1.165) is 37.0 Å². The van der Waals surface area contributed by atoms with Crippen molar-refractivity contribution in [3.63, 3.8) is 0 Å². The number of aryl methyl sites for hydroxylation is 2. The Bertz CT molecular complexity index is 873. The predicted molar refractivity (Wildman–Crippen MR) is 118 cm³/mol. The van der Waals surface area contributed by atoms with Crippen LogP contribution in [0.5, 0.6) is 5.75 Å². The third-order valence-electron chi connectivity index (χ3n) is 4.31. The molecule has 3 rings (SSSR count). The maximum Gasteiger partial charge on any atom is 0.191 e. The largest absolute Gasteiger partial charge is 0.492 e. The molecule has 7 nitrogen and oxygen atoms in total. The van der Waals surface area contributed by atoms with E-state index in [1.165, 1.54) is 10.4 Å². The first-order valence-corrected chi connectivity index (χ1v) is 10.7. The maximum atomic E-state index is 5.79. The standard InChI is InChI=1S/C21H28N6OS/c1-3-20-26-25-16-27(20)12-10-22-21(24-15-19-5-4-14-29-19)23-11-13-28-18-8-6-17(2)7-9-18/h4-9,14,16H,3,10-13,15H2,1-2H3,(H2,22,23,24). The van der Waals surface area contributed by atoms with Gasteiger partial charge in [-0.25, -0.2) is 4.99 Å². The Labute approximate surface area is 175 Å². The summed E-state index contributed by atoms with van der Waals surface area (Å²) in [6.45, 7) is 7.55. The lowest BCUT2D eigenvalue weighted by Crippen LogP contribution is -2.40. The molecule has 0 radical (unpaired) electrons. The van der Waals surface area contributed by atoms with E-state index in [1.807, 2.05) is 30.3 Å². The van der Waals surface area contributed by atoms with Crippen LogP contribution in [0.3, 0.4) is 0 Å². The summed E-state index contributed by atoms with van der Waals surface area (Å²) in [5.41, 5.74) is 1.22. The summed E-state index contributed by atoms with van der Waals surface area (Å²) < 4.78 is 7.85. The Hall–Kier alpha value is -2.87. The lowest BCUT2D eigenvalue weighted by molar-refractivity contribution is 0.322. The molecule has 2 heterocycles. The molecule has 3 aromatic rings. The van der Waals surface area contributed by atoms with E-state index in [1.54, 1.807) is 17.7 Å². The van der Waals surface area contributed by atoms with Crippen molar-refractivity contribution in [1.82, 2.24) is 25.4 Å². The fraction of sp³-hybridized carbons (Fsp3) is 0.381. The number of guanidine groups is 1. The second kappa shape index (κ2) is 11.2. The summed E-state index contributed by atoms with van der Waals surface area (Å²) in [6, 6.07) is 12.2. The fourth-order valence-electron chi connectivity index (χ4n) is 2.74. The van der Waals surface area contributed by atoms with Crippen LogP contribution in [-0.4, -0.2) is 40.4 Å². The highest BCUT2D eigenvalue weighted by atomic mass is 32.1. The smallest absolute Gasteiger partial charge is 0.191 e. The SMILES string of the molecule is CCc1nncn1CCNC(=NCc1cccs1)NCCOc1ccc(C)cc1. The Balaban J connectivity index is 1.48. The maximum absolute atomic E-state index is 5.79. The molecule has 2 aromatic heterocycles. The summed E-state index contributed by atoms with van der Waals surface area (Å²) >= 11 is 1.71. The minimum Gasteiger partial charge on any atom is -0.492 e. The van der Waals surface area contributed by atoms with E-state index in [9.17, 15) is 0 Å². The third-order valence-corrected chi connectivity index (χ3v) is 5.18. The average Bonchev–Trinajstić information content (AvgIpc) is 3.41.